The number of hydrogen-bond acceptors (Lipinski definition) is 2. The average Bonchev–Trinajstić information content (AvgIpc) is 2.14. The maximum atomic E-state index is 4.19. The van der Waals surface area contributed by atoms with Crippen LogP contribution in [-0.2, 0) is 0 Å². The monoisotopic (exact) mass is 129 g/mol. The average molecular weight is 129 g/mol. The lowest BCUT2D eigenvalue weighted by Gasteiger charge is -2.02. The summed E-state index contributed by atoms with van der Waals surface area (Å²) in [5.41, 5.74) is 0. The van der Waals surface area contributed by atoms with E-state index in [1.54, 1.807) is 0 Å². The fraction of sp³-hybridized carbons (Fsp3) is 0.667. The van der Waals surface area contributed by atoms with Crippen LogP contribution >= 0.6 is 12.8 Å². The Hall–Kier alpha value is 0.0500. The molecular weight excluding hydrogens is 118 g/mol. The Kier molecular flexibility index (Phi) is 1.97. The van der Waals surface area contributed by atoms with Crippen LogP contribution < -0.4 is 0 Å². The molecule has 0 aromatic heterocycles. The molecule has 1 unspecified atom stereocenters. The third kappa shape index (κ3) is 1.26. The van der Waals surface area contributed by atoms with Gasteiger partial charge >= 0.3 is 0 Å². The predicted octanol–water partition coefficient (Wildman–Crippen LogP) is 1.34. The molecule has 2 heteroatoms. The van der Waals surface area contributed by atoms with Crippen LogP contribution in [0.4, 0.5) is 0 Å². The highest BCUT2D eigenvalue weighted by Gasteiger charge is 2.15. The predicted molar refractivity (Wildman–Crippen MR) is 38.9 cm³/mol. The van der Waals surface area contributed by atoms with E-state index in [0.717, 1.165) is 13.1 Å². The maximum Gasteiger partial charge on any atom is 0.0150 e. The summed E-state index contributed by atoms with van der Waals surface area (Å²) < 4.78 is 2.03. The van der Waals surface area contributed by atoms with Crippen LogP contribution in [0.5, 0.6) is 0 Å². The second-order valence-electron chi connectivity index (χ2n) is 2.20. The van der Waals surface area contributed by atoms with E-state index >= 15 is 0 Å². The van der Waals surface area contributed by atoms with Gasteiger partial charge in [0.05, 0.1) is 0 Å². The molecule has 0 N–H and O–H groups in total. The van der Waals surface area contributed by atoms with Crippen molar-refractivity contribution < 1.29 is 0 Å². The molecule has 0 saturated carbocycles. The van der Waals surface area contributed by atoms with Crippen molar-refractivity contribution in [3.05, 3.63) is 12.7 Å². The Morgan fingerprint density at radius 1 is 1.75 bits per heavy atom. The summed E-state index contributed by atoms with van der Waals surface area (Å²) in [4.78, 5) is 0. The van der Waals surface area contributed by atoms with Crippen molar-refractivity contribution in [3.8, 4) is 0 Å². The quantitative estimate of drug-likeness (QED) is 0.413. The van der Waals surface area contributed by atoms with Crippen molar-refractivity contribution in [1.29, 1.82) is 0 Å². The van der Waals surface area contributed by atoms with Crippen LogP contribution in [0.2, 0.25) is 0 Å². The van der Waals surface area contributed by atoms with Gasteiger partial charge in [-0.1, -0.05) is 18.9 Å². The third-order valence-electron chi connectivity index (χ3n) is 1.54. The van der Waals surface area contributed by atoms with E-state index in [-0.39, 0.29) is 0 Å². The van der Waals surface area contributed by atoms with Gasteiger partial charge < -0.3 is 0 Å². The summed E-state index contributed by atoms with van der Waals surface area (Å²) in [7, 11) is 0. The second kappa shape index (κ2) is 2.55. The second-order valence-corrected chi connectivity index (χ2v) is 2.76. The van der Waals surface area contributed by atoms with Gasteiger partial charge in [0.1, 0.15) is 0 Å². The summed E-state index contributed by atoms with van der Waals surface area (Å²) in [6.45, 7) is 5.90. The van der Waals surface area contributed by atoms with Crippen LogP contribution in [0.1, 0.15) is 6.42 Å². The molecule has 1 fully saturated rings. The highest BCUT2D eigenvalue weighted by Crippen LogP contribution is 2.17. The lowest BCUT2D eigenvalue weighted by Crippen LogP contribution is -2.06. The van der Waals surface area contributed by atoms with Crippen molar-refractivity contribution in [3.63, 3.8) is 0 Å². The SMILES string of the molecule is C=CC1CCN(S)C1. The molecule has 1 atom stereocenters. The first-order valence-corrected chi connectivity index (χ1v) is 3.29. The van der Waals surface area contributed by atoms with Crippen LogP contribution in [0, 0.1) is 5.92 Å². The van der Waals surface area contributed by atoms with E-state index in [0.29, 0.717) is 5.92 Å². The van der Waals surface area contributed by atoms with E-state index in [2.05, 4.69) is 19.4 Å². The van der Waals surface area contributed by atoms with Gasteiger partial charge in [0.15, 0.2) is 0 Å². The zero-order chi connectivity index (χ0) is 5.98. The van der Waals surface area contributed by atoms with Gasteiger partial charge in [-0.25, -0.2) is 0 Å². The van der Waals surface area contributed by atoms with Crippen LogP contribution in [-0.4, -0.2) is 17.4 Å². The van der Waals surface area contributed by atoms with Crippen LogP contribution in [0.15, 0.2) is 12.7 Å². The zero-order valence-electron chi connectivity index (χ0n) is 4.88. The summed E-state index contributed by atoms with van der Waals surface area (Å²) >= 11 is 4.19. The summed E-state index contributed by atoms with van der Waals surface area (Å²) in [6.07, 6.45) is 3.24. The molecule has 1 heterocycles. The molecule has 1 aliphatic rings. The van der Waals surface area contributed by atoms with Crippen molar-refractivity contribution in [2.75, 3.05) is 13.1 Å². The molecule has 0 aliphatic carbocycles. The Balaban J connectivity index is 2.32. The van der Waals surface area contributed by atoms with E-state index in [1.165, 1.54) is 6.42 Å². The molecule has 1 aliphatic heterocycles. The first-order valence-electron chi connectivity index (χ1n) is 2.89. The Morgan fingerprint density at radius 3 is 2.75 bits per heavy atom. The van der Waals surface area contributed by atoms with Gasteiger partial charge in [-0.3, -0.25) is 4.31 Å². The molecule has 0 spiro atoms. The lowest BCUT2D eigenvalue weighted by atomic mass is 10.1. The van der Waals surface area contributed by atoms with Crippen molar-refractivity contribution in [1.82, 2.24) is 4.31 Å². The van der Waals surface area contributed by atoms with Crippen molar-refractivity contribution >= 4 is 12.8 Å². The largest absolute Gasteiger partial charge is 0.253 e. The Bertz CT molecular complexity index is 92.5. The maximum absolute atomic E-state index is 4.19. The van der Waals surface area contributed by atoms with E-state index < -0.39 is 0 Å². The molecular formula is C6H11NS. The highest BCUT2D eigenvalue weighted by molar-refractivity contribution is 7.77. The molecule has 0 amide bonds. The fourth-order valence-electron chi connectivity index (χ4n) is 0.961. The standard InChI is InChI=1S/C6H11NS/c1-2-6-3-4-7(8)5-6/h2,6,8H,1,3-5H2. The summed E-state index contributed by atoms with van der Waals surface area (Å²) in [5.74, 6) is 0.687. The van der Waals surface area contributed by atoms with Crippen molar-refractivity contribution in [2.24, 2.45) is 5.92 Å². The molecule has 1 nitrogen and oxygen atoms in total. The minimum atomic E-state index is 0.687. The molecule has 0 aromatic rings. The van der Waals surface area contributed by atoms with Gasteiger partial charge in [-0.05, 0) is 12.3 Å². The molecule has 0 aromatic carbocycles. The summed E-state index contributed by atoms with van der Waals surface area (Å²) in [5, 5.41) is 0. The van der Waals surface area contributed by atoms with Crippen LogP contribution in [0.25, 0.3) is 0 Å². The molecule has 1 rings (SSSR count). The van der Waals surface area contributed by atoms with Gasteiger partial charge in [-0.2, -0.15) is 0 Å². The molecule has 0 radical (unpaired) electrons. The first kappa shape index (κ1) is 6.17. The number of rotatable bonds is 1. The van der Waals surface area contributed by atoms with Gasteiger partial charge in [0.25, 0.3) is 0 Å². The Labute approximate surface area is 55.9 Å². The molecule has 1 saturated heterocycles. The lowest BCUT2D eigenvalue weighted by molar-refractivity contribution is 0.575. The normalized spacial score (nSPS) is 30.9. The van der Waals surface area contributed by atoms with Crippen LogP contribution in [0.3, 0.4) is 0 Å². The number of thiol groups is 1. The zero-order valence-corrected chi connectivity index (χ0v) is 5.77. The van der Waals surface area contributed by atoms with E-state index in [4.69, 9.17) is 0 Å². The first-order chi connectivity index (χ1) is 3.83. The van der Waals surface area contributed by atoms with Gasteiger partial charge in [0, 0.05) is 13.1 Å². The minimum Gasteiger partial charge on any atom is -0.253 e. The molecule has 8 heavy (non-hydrogen) atoms. The Morgan fingerprint density at radius 2 is 2.50 bits per heavy atom. The molecule has 0 bridgehead atoms. The van der Waals surface area contributed by atoms with Gasteiger partial charge in [-0.15, -0.1) is 6.58 Å². The topological polar surface area (TPSA) is 3.24 Å². The van der Waals surface area contributed by atoms with Gasteiger partial charge in [0.2, 0.25) is 0 Å². The van der Waals surface area contributed by atoms with E-state index in [1.807, 2.05) is 10.4 Å². The fourth-order valence-corrected chi connectivity index (χ4v) is 1.29. The third-order valence-corrected chi connectivity index (χ3v) is 1.90. The summed E-state index contributed by atoms with van der Waals surface area (Å²) in [6, 6.07) is 0. The number of nitrogens with zero attached hydrogens (tertiary/aromatic N) is 1. The highest BCUT2D eigenvalue weighted by atomic mass is 32.1. The molecule has 46 valence electrons. The van der Waals surface area contributed by atoms with E-state index in [9.17, 15) is 0 Å². The number of hydrogen-bond donors (Lipinski definition) is 1. The van der Waals surface area contributed by atoms with Crippen molar-refractivity contribution in [2.45, 2.75) is 6.42 Å². The smallest absolute Gasteiger partial charge is 0.0150 e. The minimum absolute atomic E-state index is 0.687.